The lowest BCUT2D eigenvalue weighted by Crippen LogP contribution is -2.17. The zero-order chi connectivity index (χ0) is 10.6. The average Bonchev–Trinajstić information content (AvgIpc) is 2.19. The van der Waals surface area contributed by atoms with Crippen molar-refractivity contribution < 1.29 is 9.90 Å². The Labute approximate surface area is 83.8 Å². The second-order valence-corrected chi connectivity index (χ2v) is 3.29. The lowest BCUT2D eigenvalue weighted by molar-refractivity contribution is -0.120. The van der Waals surface area contributed by atoms with Crippen LogP contribution in [0.4, 0.5) is 0 Å². The Morgan fingerprint density at radius 2 is 2.21 bits per heavy atom. The van der Waals surface area contributed by atoms with Crippen molar-refractivity contribution in [2.75, 3.05) is 7.05 Å². The molecule has 14 heavy (non-hydrogen) atoms. The number of hydrogen-bond donors (Lipinski definition) is 2. The topological polar surface area (TPSA) is 49.3 Å². The molecule has 1 amide bonds. The molecule has 0 saturated carbocycles. The van der Waals surface area contributed by atoms with Crippen molar-refractivity contribution in [1.82, 2.24) is 5.32 Å². The molecule has 0 aromatic heterocycles. The van der Waals surface area contributed by atoms with Gasteiger partial charge in [0.25, 0.3) is 0 Å². The largest absolute Gasteiger partial charge is 0.508 e. The summed E-state index contributed by atoms with van der Waals surface area (Å²) in [6.45, 7) is 1.85. The first-order valence-electron chi connectivity index (χ1n) is 4.62. The maximum Gasteiger partial charge on any atom is 0.220 e. The number of aromatic hydroxyl groups is 1. The van der Waals surface area contributed by atoms with Crippen molar-refractivity contribution in [3.05, 3.63) is 29.3 Å². The summed E-state index contributed by atoms with van der Waals surface area (Å²) in [6, 6.07) is 5.40. The first-order chi connectivity index (χ1) is 6.63. The molecule has 0 fully saturated rings. The predicted molar refractivity (Wildman–Crippen MR) is 55.2 cm³/mol. The normalized spacial score (nSPS) is 9.86. The Morgan fingerprint density at radius 3 is 2.79 bits per heavy atom. The van der Waals surface area contributed by atoms with Gasteiger partial charge in [0.2, 0.25) is 5.91 Å². The molecule has 3 heteroatoms. The van der Waals surface area contributed by atoms with Crippen molar-refractivity contribution in [3.8, 4) is 5.75 Å². The molecule has 0 unspecified atom stereocenters. The van der Waals surface area contributed by atoms with Crippen LogP contribution in [0.5, 0.6) is 5.75 Å². The molecule has 1 aromatic rings. The van der Waals surface area contributed by atoms with E-state index < -0.39 is 0 Å². The zero-order valence-electron chi connectivity index (χ0n) is 8.50. The van der Waals surface area contributed by atoms with Crippen LogP contribution in [0.1, 0.15) is 17.5 Å². The van der Waals surface area contributed by atoms with E-state index in [1.807, 2.05) is 19.1 Å². The molecule has 2 N–H and O–H groups in total. The number of carbonyl (C=O) groups excluding carboxylic acids is 1. The molecule has 0 atom stereocenters. The third kappa shape index (κ3) is 2.76. The molecule has 0 aliphatic rings. The standard InChI is InChI=1S/C11H15NO2/c1-8-7-9(3-5-10(8)13)4-6-11(14)12-2/h3,5,7,13H,4,6H2,1-2H3,(H,12,14). The monoisotopic (exact) mass is 193 g/mol. The summed E-state index contributed by atoms with van der Waals surface area (Å²) in [6.07, 6.45) is 1.20. The van der Waals surface area contributed by atoms with E-state index in [1.165, 1.54) is 0 Å². The summed E-state index contributed by atoms with van der Waals surface area (Å²) in [4.78, 5) is 11.0. The van der Waals surface area contributed by atoms with Crippen LogP contribution in [-0.4, -0.2) is 18.1 Å². The quantitative estimate of drug-likeness (QED) is 0.762. The summed E-state index contributed by atoms with van der Waals surface area (Å²) < 4.78 is 0. The molecule has 0 aliphatic heterocycles. The van der Waals surface area contributed by atoms with E-state index in [1.54, 1.807) is 13.1 Å². The summed E-state index contributed by atoms with van der Waals surface area (Å²) >= 11 is 0. The van der Waals surface area contributed by atoms with Gasteiger partial charge in [-0.3, -0.25) is 4.79 Å². The maximum absolute atomic E-state index is 11.0. The second kappa shape index (κ2) is 4.65. The van der Waals surface area contributed by atoms with Gasteiger partial charge in [-0.1, -0.05) is 12.1 Å². The zero-order valence-corrected chi connectivity index (χ0v) is 8.50. The van der Waals surface area contributed by atoms with Gasteiger partial charge in [-0.05, 0) is 30.5 Å². The number of phenolic OH excluding ortho intramolecular Hbond substituents is 1. The first kappa shape index (κ1) is 10.6. The van der Waals surface area contributed by atoms with E-state index in [-0.39, 0.29) is 5.91 Å². The smallest absolute Gasteiger partial charge is 0.220 e. The predicted octanol–water partition coefficient (Wildman–Crippen LogP) is 1.38. The van der Waals surface area contributed by atoms with E-state index in [9.17, 15) is 9.90 Å². The Bertz CT molecular complexity index is 334. The maximum atomic E-state index is 11.0. The lowest BCUT2D eigenvalue weighted by Gasteiger charge is -2.03. The molecule has 1 aromatic carbocycles. The van der Waals surface area contributed by atoms with Gasteiger partial charge in [0.1, 0.15) is 5.75 Å². The highest BCUT2D eigenvalue weighted by Gasteiger charge is 2.01. The van der Waals surface area contributed by atoms with Gasteiger partial charge in [0.15, 0.2) is 0 Å². The van der Waals surface area contributed by atoms with Crippen molar-refractivity contribution in [1.29, 1.82) is 0 Å². The molecule has 0 aliphatic carbocycles. The van der Waals surface area contributed by atoms with Gasteiger partial charge in [-0.15, -0.1) is 0 Å². The van der Waals surface area contributed by atoms with Crippen molar-refractivity contribution >= 4 is 5.91 Å². The number of phenols is 1. The lowest BCUT2D eigenvalue weighted by atomic mass is 10.1. The van der Waals surface area contributed by atoms with E-state index in [2.05, 4.69) is 5.32 Å². The highest BCUT2D eigenvalue weighted by Crippen LogP contribution is 2.17. The minimum absolute atomic E-state index is 0.0377. The fraction of sp³-hybridized carbons (Fsp3) is 0.364. The molecule has 0 heterocycles. The van der Waals surface area contributed by atoms with E-state index in [4.69, 9.17) is 0 Å². The Balaban J connectivity index is 2.60. The van der Waals surface area contributed by atoms with Crippen LogP contribution in [0.2, 0.25) is 0 Å². The second-order valence-electron chi connectivity index (χ2n) is 3.29. The van der Waals surface area contributed by atoms with Crippen LogP contribution in [0.25, 0.3) is 0 Å². The van der Waals surface area contributed by atoms with Crippen LogP contribution in [0.15, 0.2) is 18.2 Å². The van der Waals surface area contributed by atoms with Crippen molar-refractivity contribution in [3.63, 3.8) is 0 Å². The molecule has 0 saturated heterocycles. The van der Waals surface area contributed by atoms with Crippen molar-refractivity contribution in [2.24, 2.45) is 0 Å². The molecular formula is C11H15NO2. The van der Waals surface area contributed by atoms with Gasteiger partial charge < -0.3 is 10.4 Å². The number of aryl methyl sites for hydroxylation is 2. The van der Waals surface area contributed by atoms with E-state index in [0.717, 1.165) is 11.1 Å². The molecular weight excluding hydrogens is 178 g/mol. The third-order valence-corrected chi connectivity index (χ3v) is 2.18. The Morgan fingerprint density at radius 1 is 1.50 bits per heavy atom. The number of hydrogen-bond acceptors (Lipinski definition) is 2. The molecule has 1 rings (SSSR count). The summed E-state index contributed by atoms with van der Waals surface area (Å²) in [7, 11) is 1.63. The minimum Gasteiger partial charge on any atom is -0.508 e. The van der Waals surface area contributed by atoms with E-state index in [0.29, 0.717) is 18.6 Å². The number of nitrogens with one attached hydrogen (secondary N) is 1. The van der Waals surface area contributed by atoms with Crippen LogP contribution >= 0.6 is 0 Å². The molecule has 0 spiro atoms. The molecule has 3 nitrogen and oxygen atoms in total. The SMILES string of the molecule is CNC(=O)CCc1ccc(O)c(C)c1. The molecule has 0 radical (unpaired) electrons. The minimum atomic E-state index is 0.0377. The first-order valence-corrected chi connectivity index (χ1v) is 4.62. The fourth-order valence-electron chi connectivity index (χ4n) is 1.26. The number of carbonyl (C=O) groups is 1. The summed E-state index contributed by atoms with van der Waals surface area (Å²) in [5.41, 5.74) is 1.92. The molecule has 0 bridgehead atoms. The highest BCUT2D eigenvalue weighted by molar-refractivity contribution is 5.75. The number of rotatable bonds is 3. The van der Waals surface area contributed by atoms with Gasteiger partial charge in [0, 0.05) is 13.5 Å². The highest BCUT2D eigenvalue weighted by atomic mass is 16.3. The number of benzene rings is 1. The van der Waals surface area contributed by atoms with E-state index >= 15 is 0 Å². The molecule has 76 valence electrons. The summed E-state index contributed by atoms with van der Waals surface area (Å²) in [5, 5.41) is 11.9. The van der Waals surface area contributed by atoms with Gasteiger partial charge in [0.05, 0.1) is 0 Å². The third-order valence-electron chi connectivity index (χ3n) is 2.18. The van der Waals surface area contributed by atoms with Gasteiger partial charge >= 0.3 is 0 Å². The van der Waals surface area contributed by atoms with Gasteiger partial charge in [-0.25, -0.2) is 0 Å². The van der Waals surface area contributed by atoms with Crippen LogP contribution < -0.4 is 5.32 Å². The Hall–Kier alpha value is -1.51. The van der Waals surface area contributed by atoms with Crippen molar-refractivity contribution in [2.45, 2.75) is 19.8 Å². The summed E-state index contributed by atoms with van der Waals surface area (Å²) in [5.74, 6) is 0.337. The van der Waals surface area contributed by atoms with Gasteiger partial charge in [-0.2, -0.15) is 0 Å². The Kier molecular flexibility index (Phi) is 3.51. The number of amides is 1. The van der Waals surface area contributed by atoms with Crippen LogP contribution in [0, 0.1) is 6.92 Å². The van der Waals surface area contributed by atoms with Crippen LogP contribution in [-0.2, 0) is 11.2 Å². The fourth-order valence-corrected chi connectivity index (χ4v) is 1.26. The van der Waals surface area contributed by atoms with Crippen LogP contribution in [0.3, 0.4) is 0 Å². The average molecular weight is 193 g/mol.